The number of nitrogens with two attached hydrogens (primary N) is 2. The highest BCUT2D eigenvalue weighted by atomic mass is 16.2. The van der Waals surface area contributed by atoms with Gasteiger partial charge in [-0.25, -0.2) is 0 Å². The maximum Gasteiger partial charge on any atom is 0.241 e. The van der Waals surface area contributed by atoms with Gasteiger partial charge in [0.1, 0.15) is 0 Å². The van der Waals surface area contributed by atoms with Crippen LogP contribution in [0.5, 0.6) is 0 Å². The zero-order chi connectivity index (χ0) is 21.3. The summed E-state index contributed by atoms with van der Waals surface area (Å²) >= 11 is 0. The third-order valence-electron chi connectivity index (χ3n) is 5.06. The summed E-state index contributed by atoms with van der Waals surface area (Å²) in [6.45, 7) is 0.594. The van der Waals surface area contributed by atoms with E-state index in [-0.39, 0.29) is 5.91 Å². The van der Waals surface area contributed by atoms with Crippen LogP contribution >= 0.6 is 0 Å². The molecular weight excluding hydrogens is 370 g/mol. The first-order valence-electron chi connectivity index (χ1n) is 10.2. The minimum atomic E-state index is -0.601. The molecular formula is C26H27N3O. The first kappa shape index (κ1) is 21.3. The Hall–Kier alpha value is -3.39. The minimum Gasteiger partial charge on any atom is -0.330 e. The van der Waals surface area contributed by atoms with Gasteiger partial charge >= 0.3 is 0 Å². The number of benzene rings is 3. The van der Waals surface area contributed by atoms with Gasteiger partial charge in [0.2, 0.25) is 5.91 Å². The van der Waals surface area contributed by atoms with Gasteiger partial charge in [0.05, 0.1) is 17.3 Å². The summed E-state index contributed by atoms with van der Waals surface area (Å²) in [5.41, 5.74) is 16.8. The highest BCUT2D eigenvalue weighted by molar-refractivity contribution is 5.99. The zero-order valence-corrected chi connectivity index (χ0v) is 17.0. The molecule has 4 heteroatoms. The molecule has 0 fully saturated rings. The van der Waals surface area contributed by atoms with Gasteiger partial charge in [-0.2, -0.15) is 0 Å². The third-order valence-corrected chi connectivity index (χ3v) is 5.06. The molecule has 1 amide bonds. The summed E-state index contributed by atoms with van der Waals surface area (Å²) in [4.78, 5) is 12.6. The van der Waals surface area contributed by atoms with Gasteiger partial charge in [0.15, 0.2) is 0 Å². The molecule has 0 spiro atoms. The monoisotopic (exact) mass is 397 g/mol. The molecule has 1 unspecified atom stereocenters. The van der Waals surface area contributed by atoms with Crippen molar-refractivity contribution in [3.63, 3.8) is 0 Å². The number of carbonyl (C=O) groups excluding carboxylic acids is 1. The normalized spacial score (nSPS) is 11.5. The lowest BCUT2D eigenvalue weighted by Crippen LogP contribution is -2.35. The molecule has 152 valence electrons. The Balaban J connectivity index is 2.02. The number of unbranched alkanes of at least 4 members (excludes halogenated alkanes) is 1. The molecule has 4 nitrogen and oxygen atoms in total. The molecule has 3 rings (SSSR count). The Labute approximate surface area is 178 Å². The molecule has 1 atom stereocenters. The Kier molecular flexibility index (Phi) is 7.40. The van der Waals surface area contributed by atoms with Crippen LogP contribution in [0.4, 0.5) is 5.69 Å². The molecule has 3 aromatic rings. The van der Waals surface area contributed by atoms with Gasteiger partial charge in [0.25, 0.3) is 0 Å². The van der Waals surface area contributed by atoms with Crippen LogP contribution in [0, 0.1) is 12.3 Å². The quantitative estimate of drug-likeness (QED) is 0.389. The fraction of sp³-hybridized carbons (Fsp3) is 0.192. The Morgan fingerprint density at radius 2 is 1.57 bits per heavy atom. The number of carbonyl (C=O) groups is 1. The maximum absolute atomic E-state index is 12.6. The molecule has 0 heterocycles. The number of terminal acetylenes is 1. The maximum atomic E-state index is 12.6. The molecule has 0 aliphatic heterocycles. The van der Waals surface area contributed by atoms with Gasteiger partial charge in [-0.3, -0.25) is 4.79 Å². The van der Waals surface area contributed by atoms with Gasteiger partial charge in [-0.15, -0.1) is 6.42 Å². The number of nitrogens with one attached hydrogen (secondary N) is 1. The fourth-order valence-electron chi connectivity index (χ4n) is 3.48. The average Bonchev–Trinajstić information content (AvgIpc) is 2.80. The molecule has 0 aromatic heterocycles. The van der Waals surface area contributed by atoms with Crippen LogP contribution in [0.25, 0.3) is 22.3 Å². The van der Waals surface area contributed by atoms with Crippen molar-refractivity contribution in [2.75, 3.05) is 11.9 Å². The minimum absolute atomic E-state index is 0.241. The van der Waals surface area contributed by atoms with Crippen molar-refractivity contribution in [3.8, 4) is 34.6 Å². The van der Waals surface area contributed by atoms with Gasteiger partial charge in [-0.05, 0) is 42.1 Å². The molecule has 0 saturated heterocycles. The molecule has 0 saturated carbocycles. The van der Waals surface area contributed by atoms with Crippen LogP contribution in [0.2, 0.25) is 0 Å². The number of anilines is 1. The molecule has 3 aromatic carbocycles. The SMILES string of the molecule is C#Cc1c(NC(=O)C(N)CCCCN)ccc(-c2ccccc2)c1-c1ccccc1. The van der Waals surface area contributed by atoms with Crippen molar-refractivity contribution >= 4 is 11.6 Å². The summed E-state index contributed by atoms with van der Waals surface area (Å²) in [5, 5.41) is 2.94. The summed E-state index contributed by atoms with van der Waals surface area (Å²) < 4.78 is 0. The van der Waals surface area contributed by atoms with E-state index in [0.717, 1.165) is 35.1 Å². The first-order chi connectivity index (χ1) is 14.7. The lowest BCUT2D eigenvalue weighted by Gasteiger charge is -2.18. The predicted octanol–water partition coefficient (Wildman–Crippen LogP) is 4.40. The van der Waals surface area contributed by atoms with Crippen LogP contribution in [0.1, 0.15) is 24.8 Å². The fourth-order valence-corrected chi connectivity index (χ4v) is 3.48. The van der Waals surface area contributed by atoms with Crippen molar-refractivity contribution < 1.29 is 4.79 Å². The third kappa shape index (κ3) is 4.96. The van der Waals surface area contributed by atoms with Crippen molar-refractivity contribution in [2.45, 2.75) is 25.3 Å². The van der Waals surface area contributed by atoms with Crippen molar-refractivity contribution in [3.05, 3.63) is 78.4 Å². The van der Waals surface area contributed by atoms with Gasteiger partial charge < -0.3 is 16.8 Å². The van der Waals surface area contributed by atoms with E-state index < -0.39 is 6.04 Å². The molecule has 0 aliphatic carbocycles. The highest BCUT2D eigenvalue weighted by Gasteiger charge is 2.19. The molecule has 0 bridgehead atoms. The average molecular weight is 398 g/mol. The van der Waals surface area contributed by atoms with Gasteiger partial charge in [-0.1, -0.05) is 79.1 Å². The van der Waals surface area contributed by atoms with Crippen molar-refractivity contribution in [1.82, 2.24) is 0 Å². The molecule has 5 N–H and O–H groups in total. The summed E-state index contributed by atoms with van der Waals surface area (Å²) in [5.74, 6) is 2.56. The smallest absolute Gasteiger partial charge is 0.241 e. The second-order valence-corrected chi connectivity index (χ2v) is 7.17. The van der Waals surface area contributed by atoms with Crippen molar-refractivity contribution in [2.24, 2.45) is 11.5 Å². The van der Waals surface area contributed by atoms with Crippen LogP contribution < -0.4 is 16.8 Å². The lowest BCUT2D eigenvalue weighted by atomic mass is 9.89. The van der Waals surface area contributed by atoms with E-state index in [1.54, 1.807) is 0 Å². The highest BCUT2D eigenvalue weighted by Crippen LogP contribution is 2.38. The van der Waals surface area contributed by atoms with E-state index in [1.165, 1.54) is 0 Å². The Morgan fingerprint density at radius 3 is 2.17 bits per heavy atom. The van der Waals surface area contributed by atoms with Crippen LogP contribution in [-0.2, 0) is 4.79 Å². The zero-order valence-electron chi connectivity index (χ0n) is 17.0. The van der Waals surface area contributed by atoms with E-state index in [9.17, 15) is 4.79 Å². The Bertz CT molecular complexity index is 1020. The van der Waals surface area contributed by atoms with E-state index >= 15 is 0 Å². The standard InChI is InChI=1S/C26H27N3O/c1-2-21-24(29-26(30)23(28)15-9-10-18-27)17-16-22(19-11-5-3-6-12-19)25(21)20-13-7-4-8-14-20/h1,3-8,11-14,16-17,23H,9-10,15,18,27-28H2,(H,29,30). The van der Waals surface area contributed by atoms with E-state index in [4.69, 9.17) is 17.9 Å². The first-order valence-corrected chi connectivity index (χ1v) is 10.2. The number of hydrogen-bond donors (Lipinski definition) is 3. The number of amides is 1. The second-order valence-electron chi connectivity index (χ2n) is 7.17. The van der Waals surface area contributed by atoms with Gasteiger partial charge in [0, 0.05) is 5.56 Å². The van der Waals surface area contributed by atoms with E-state index in [1.807, 2.05) is 72.8 Å². The second kappa shape index (κ2) is 10.4. The predicted molar refractivity (Wildman–Crippen MR) is 125 cm³/mol. The topological polar surface area (TPSA) is 81.1 Å². The number of rotatable bonds is 8. The van der Waals surface area contributed by atoms with E-state index in [0.29, 0.717) is 24.2 Å². The van der Waals surface area contributed by atoms with Crippen molar-refractivity contribution in [1.29, 1.82) is 0 Å². The van der Waals surface area contributed by atoms with Crippen LogP contribution in [-0.4, -0.2) is 18.5 Å². The molecule has 0 aliphatic rings. The Morgan fingerprint density at radius 1 is 0.933 bits per heavy atom. The largest absolute Gasteiger partial charge is 0.330 e. The van der Waals surface area contributed by atoms with E-state index in [2.05, 4.69) is 11.2 Å². The molecule has 0 radical (unpaired) electrons. The lowest BCUT2D eigenvalue weighted by molar-refractivity contribution is -0.117. The molecule has 30 heavy (non-hydrogen) atoms. The summed E-state index contributed by atoms with van der Waals surface area (Å²) in [6.07, 6.45) is 8.19. The van der Waals surface area contributed by atoms with Crippen LogP contribution in [0.3, 0.4) is 0 Å². The summed E-state index contributed by atoms with van der Waals surface area (Å²) in [7, 11) is 0. The summed E-state index contributed by atoms with van der Waals surface area (Å²) in [6, 6.07) is 23.3. The number of hydrogen-bond acceptors (Lipinski definition) is 3. The van der Waals surface area contributed by atoms with Crippen LogP contribution in [0.15, 0.2) is 72.8 Å².